The number of hydrogen-bond donors (Lipinski definition) is 2. The van der Waals surface area contributed by atoms with E-state index >= 15 is 0 Å². The van der Waals surface area contributed by atoms with Gasteiger partial charge >= 0.3 is 0 Å². The number of aliphatic hydroxyl groups is 1. The summed E-state index contributed by atoms with van der Waals surface area (Å²) in [6.45, 7) is 3.01. The fourth-order valence-corrected chi connectivity index (χ4v) is 2.24. The first kappa shape index (κ1) is 13.7. The molecule has 0 aromatic carbocycles. The minimum atomic E-state index is -0.391. The Labute approximate surface area is 112 Å². The predicted octanol–water partition coefficient (Wildman–Crippen LogP) is 0.332. The van der Waals surface area contributed by atoms with Crippen molar-refractivity contribution in [2.45, 2.75) is 38.3 Å². The quantitative estimate of drug-likeness (QED) is 0.801. The lowest BCUT2D eigenvalue weighted by Crippen LogP contribution is -2.44. The van der Waals surface area contributed by atoms with E-state index in [0.717, 1.165) is 19.4 Å². The molecule has 6 heteroatoms. The number of carbonyl (C=O) groups excluding carboxylic acids is 1. The van der Waals surface area contributed by atoms with E-state index in [4.69, 9.17) is 0 Å². The molecule has 2 N–H and O–H groups in total. The van der Waals surface area contributed by atoms with E-state index in [2.05, 4.69) is 15.3 Å². The zero-order valence-electron chi connectivity index (χ0n) is 11.1. The first-order valence-corrected chi connectivity index (χ1v) is 6.68. The maximum atomic E-state index is 12.1. The van der Waals surface area contributed by atoms with Crippen LogP contribution in [0.25, 0.3) is 0 Å². The molecule has 1 aliphatic rings. The van der Waals surface area contributed by atoms with Crippen molar-refractivity contribution < 1.29 is 9.90 Å². The highest BCUT2D eigenvalue weighted by atomic mass is 16.3. The Morgan fingerprint density at radius 3 is 3.00 bits per heavy atom. The second kappa shape index (κ2) is 6.47. The lowest BCUT2D eigenvalue weighted by molar-refractivity contribution is -0.122. The highest BCUT2D eigenvalue weighted by Crippen LogP contribution is 2.21. The molecular weight excluding hydrogens is 244 g/mol. The summed E-state index contributed by atoms with van der Waals surface area (Å²) < 4.78 is 0. The largest absolute Gasteiger partial charge is 0.393 e. The Balaban J connectivity index is 1.93. The van der Waals surface area contributed by atoms with Gasteiger partial charge in [0.15, 0.2) is 0 Å². The molecule has 2 rings (SSSR count). The van der Waals surface area contributed by atoms with E-state index in [-0.39, 0.29) is 11.9 Å². The third-order valence-corrected chi connectivity index (χ3v) is 3.23. The van der Waals surface area contributed by atoms with Crippen LogP contribution in [0.3, 0.4) is 0 Å². The summed E-state index contributed by atoms with van der Waals surface area (Å²) in [5, 5.41) is 12.0. The molecule has 2 unspecified atom stereocenters. The number of rotatable bonds is 5. The lowest BCUT2D eigenvalue weighted by atomic mass is 10.2. The second-order valence-electron chi connectivity index (χ2n) is 4.83. The van der Waals surface area contributed by atoms with E-state index in [0.29, 0.717) is 18.9 Å². The highest BCUT2D eigenvalue weighted by molar-refractivity contribution is 5.85. The van der Waals surface area contributed by atoms with Gasteiger partial charge in [0.1, 0.15) is 6.04 Å². The summed E-state index contributed by atoms with van der Waals surface area (Å²) in [4.78, 5) is 22.5. The van der Waals surface area contributed by atoms with Crippen LogP contribution >= 0.6 is 0 Å². The van der Waals surface area contributed by atoms with E-state index in [9.17, 15) is 9.90 Å². The van der Waals surface area contributed by atoms with Crippen molar-refractivity contribution in [3.05, 3.63) is 18.5 Å². The van der Waals surface area contributed by atoms with Gasteiger partial charge in [0.25, 0.3) is 0 Å². The Morgan fingerprint density at radius 1 is 1.58 bits per heavy atom. The first-order valence-electron chi connectivity index (χ1n) is 6.68. The Morgan fingerprint density at radius 2 is 2.32 bits per heavy atom. The molecule has 0 radical (unpaired) electrons. The molecule has 1 aliphatic heterocycles. The molecular formula is C13H20N4O2. The predicted molar refractivity (Wildman–Crippen MR) is 71.7 cm³/mol. The zero-order valence-corrected chi connectivity index (χ0v) is 11.1. The second-order valence-corrected chi connectivity index (χ2v) is 4.83. The minimum absolute atomic E-state index is 0.00870. The van der Waals surface area contributed by atoms with Crippen molar-refractivity contribution in [2.24, 2.45) is 0 Å². The van der Waals surface area contributed by atoms with Crippen LogP contribution in [-0.2, 0) is 4.79 Å². The maximum Gasteiger partial charge on any atom is 0.242 e. The number of nitrogens with zero attached hydrogens (tertiary/aromatic N) is 3. The summed E-state index contributed by atoms with van der Waals surface area (Å²) >= 11 is 0. The van der Waals surface area contributed by atoms with Crippen LogP contribution in [0.1, 0.15) is 26.2 Å². The molecule has 19 heavy (non-hydrogen) atoms. The Bertz CT molecular complexity index is 410. The fraction of sp³-hybridized carbons (Fsp3) is 0.615. The number of aliphatic hydroxyl groups excluding tert-OH is 1. The van der Waals surface area contributed by atoms with Gasteiger partial charge in [-0.05, 0) is 32.3 Å². The van der Waals surface area contributed by atoms with Crippen molar-refractivity contribution in [3.63, 3.8) is 0 Å². The molecule has 1 amide bonds. The molecule has 1 fully saturated rings. The minimum Gasteiger partial charge on any atom is -0.393 e. The van der Waals surface area contributed by atoms with Crippen LogP contribution in [-0.4, -0.2) is 46.2 Å². The summed E-state index contributed by atoms with van der Waals surface area (Å²) in [7, 11) is 0. The van der Waals surface area contributed by atoms with Gasteiger partial charge in [0.2, 0.25) is 11.9 Å². The molecule has 104 valence electrons. The van der Waals surface area contributed by atoms with Crippen molar-refractivity contribution >= 4 is 11.9 Å². The number of anilines is 1. The normalized spacial score (nSPS) is 20.3. The van der Waals surface area contributed by atoms with Crippen LogP contribution in [0.4, 0.5) is 5.95 Å². The average molecular weight is 264 g/mol. The highest BCUT2D eigenvalue weighted by Gasteiger charge is 2.31. The first-order chi connectivity index (χ1) is 9.18. The van der Waals surface area contributed by atoms with Gasteiger partial charge in [-0.15, -0.1) is 0 Å². The summed E-state index contributed by atoms with van der Waals surface area (Å²) in [6.07, 6.45) is 5.33. The van der Waals surface area contributed by atoms with Gasteiger partial charge in [-0.2, -0.15) is 0 Å². The van der Waals surface area contributed by atoms with E-state index in [1.165, 1.54) is 0 Å². The third-order valence-electron chi connectivity index (χ3n) is 3.23. The molecule has 0 spiro atoms. The van der Waals surface area contributed by atoms with Gasteiger partial charge in [-0.3, -0.25) is 4.79 Å². The van der Waals surface area contributed by atoms with E-state index in [1.807, 2.05) is 4.90 Å². The van der Waals surface area contributed by atoms with Crippen molar-refractivity contribution in [3.8, 4) is 0 Å². The van der Waals surface area contributed by atoms with Crippen molar-refractivity contribution in [2.75, 3.05) is 18.0 Å². The third kappa shape index (κ3) is 3.64. The molecule has 0 bridgehead atoms. The molecule has 2 atom stereocenters. The molecule has 2 heterocycles. The molecule has 0 aliphatic carbocycles. The molecule has 1 aromatic rings. The van der Waals surface area contributed by atoms with Gasteiger partial charge in [-0.25, -0.2) is 9.97 Å². The monoisotopic (exact) mass is 264 g/mol. The van der Waals surface area contributed by atoms with Crippen LogP contribution < -0.4 is 10.2 Å². The van der Waals surface area contributed by atoms with E-state index < -0.39 is 6.10 Å². The number of amides is 1. The van der Waals surface area contributed by atoms with Gasteiger partial charge in [0, 0.05) is 25.5 Å². The van der Waals surface area contributed by atoms with Crippen LogP contribution in [0.5, 0.6) is 0 Å². The van der Waals surface area contributed by atoms with Gasteiger partial charge < -0.3 is 15.3 Å². The molecule has 6 nitrogen and oxygen atoms in total. The Kier molecular flexibility index (Phi) is 4.68. The van der Waals surface area contributed by atoms with E-state index in [1.54, 1.807) is 25.4 Å². The van der Waals surface area contributed by atoms with Gasteiger partial charge in [-0.1, -0.05) is 0 Å². The average Bonchev–Trinajstić information content (AvgIpc) is 2.88. The summed E-state index contributed by atoms with van der Waals surface area (Å²) in [5.74, 6) is 0.598. The standard InChI is InChI=1S/C13H20N4O2/c1-10(18)5-8-14-12(19)11-4-2-9-17(11)13-15-6-3-7-16-13/h3,6-7,10-11,18H,2,4-5,8-9H2,1H3,(H,14,19). The van der Waals surface area contributed by atoms with Crippen molar-refractivity contribution in [1.82, 2.24) is 15.3 Å². The SMILES string of the molecule is CC(O)CCNC(=O)C1CCCN1c1ncccn1. The molecule has 1 aromatic heterocycles. The van der Waals surface area contributed by atoms with Crippen molar-refractivity contribution in [1.29, 1.82) is 0 Å². The molecule has 0 saturated carbocycles. The zero-order chi connectivity index (χ0) is 13.7. The number of nitrogens with one attached hydrogen (secondary N) is 1. The summed E-state index contributed by atoms with van der Waals surface area (Å²) in [5.41, 5.74) is 0. The number of aromatic nitrogens is 2. The Hall–Kier alpha value is -1.69. The smallest absolute Gasteiger partial charge is 0.242 e. The fourth-order valence-electron chi connectivity index (χ4n) is 2.24. The number of carbonyl (C=O) groups is 1. The summed E-state index contributed by atoms with van der Waals surface area (Å²) in [6, 6.07) is 1.56. The van der Waals surface area contributed by atoms with Crippen LogP contribution in [0, 0.1) is 0 Å². The van der Waals surface area contributed by atoms with Gasteiger partial charge in [0.05, 0.1) is 6.10 Å². The van der Waals surface area contributed by atoms with Crippen LogP contribution in [0.2, 0.25) is 0 Å². The lowest BCUT2D eigenvalue weighted by Gasteiger charge is -2.23. The maximum absolute atomic E-state index is 12.1. The van der Waals surface area contributed by atoms with Crippen LogP contribution in [0.15, 0.2) is 18.5 Å². The topological polar surface area (TPSA) is 78.4 Å². The molecule has 1 saturated heterocycles. The number of hydrogen-bond acceptors (Lipinski definition) is 5.